The molecule has 1 atom stereocenters. The Morgan fingerprint density at radius 2 is 2.00 bits per heavy atom. The predicted octanol–water partition coefficient (Wildman–Crippen LogP) is 1.75. The van der Waals surface area contributed by atoms with Gasteiger partial charge in [-0.1, -0.05) is 19.8 Å². The molecule has 140 valence electrons. The van der Waals surface area contributed by atoms with E-state index in [0.717, 1.165) is 19.3 Å². The Morgan fingerprint density at radius 3 is 2.56 bits per heavy atom. The monoisotopic (exact) mass is 372 g/mol. The SMILES string of the molecule is CCCC[C@H](NC(=O)c1cc(S(=O)(=O)N2CCCC2)c(C)o1)C(=O)O. The maximum absolute atomic E-state index is 12.6. The molecular formula is C16H24N2O6S. The van der Waals surface area contributed by atoms with Gasteiger partial charge in [0.05, 0.1) is 0 Å². The number of nitrogens with one attached hydrogen (secondary N) is 1. The Morgan fingerprint density at radius 1 is 1.36 bits per heavy atom. The van der Waals surface area contributed by atoms with Crippen LogP contribution >= 0.6 is 0 Å². The molecule has 0 saturated carbocycles. The third kappa shape index (κ3) is 4.40. The largest absolute Gasteiger partial charge is 0.480 e. The number of sulfonamides is 1. The molecule has 9 heteroatoms. The summed E-state index contributed by atoms with van der Waals surface area (Å²) >= 11 is 0. The van der Waals surface area contributed by atoms with Crippen LogP contribution in [0.1, 0.15) is 55.3 Å². The van der Waals surface area contributed by atoms with Crippen LogP contribution in [0.3, 0.4) is 0 Å². The van der Waals surface area contributed by atoms with Gasteiger partial charge < -0.3 is 14.8 Å². The molecule has 1 aliphatic heterocycles. The van der Waals surface area contributed by atoms with Crippen LogP contribution in [0.4, 0.5) is 0 Å². The molecule has 0 radical (unpaired) electrons. The van der Waals surface area contributed by atoms with Crippen molar-refractivity contribution in [3.05, 3.63) is 17.6 Å². The molecular weight excluding hydrogens is 348 g/mol. The first kappa shape index (κ1) is 19.5. The van der Waals surface area contributed by atoms with Gasteiger partial charge in [-0.15, -0.1) is 0 Å². The molecule has 0 aromatic carbocycles. The number of rotatable bonds is 8. The Balaban J connectivity index is 2.18. The number of amides is 1. The zero-order valence-corrected chi connectivity index (χ0v) is 15.3. The van der Waals surface area contributed by atoms with Crippen molar-refractivity contribution in [1.82, 2.24) is 9.62 Å². The quantitative estimate of drug-likeness (QED) is 0.718. The van der Waals surface area contributed by atoms with Crippen molar-refractivity contribution in [2.24, 2.45) is 0 Å². The smallest absolute Gasteiger partial charge is 0.326 e. The highest BCUT2D eigenvalue weighted by molar-refractivity contribution is 7.89. The van der Waals surface area contributed by atoms with Gasteiger partial charge in [-0.2, -0.15) is 4.31 Å². The van der Waals surface area contributed by atoms with Gasteiger partial charge in [0.25, 0.3) is 5.91 Å². The zero-order valence-electron chi connectivity index (χ0n) is 14.4. The van der Waals surface area contributed by atoms with E-state index < -0.39 is 27.9 Å². The Hall–Kier alpha value is -1.87. The van der Waals surface area contributed by atoms with Gasteiger partial charge in [-0.3, -0.25) is 4.79 Å². The van der Waals surface area contributed by atoms with Crippen LogP contribution in [0.25, 0.3) is 0 Å². The van der Waals surface area contributed by atoms with E-state index in [0.29, 0.717) is 25.9 Å². The minimum atomic E-state index is -3.70. The maximum Gasteiger partial charge on any atom is 0.326 e. The fraction of sp³-hybridized carbons (Fsp3) is 0.625. The standard InChI is InChI=1S/C16H24N2O6S/c1-3-4-7-12(16(20)21)17-15(19)13-10-14(11(2)24-13)25(22,23)18-8-5-6-9-18/h10,12H,3-9H2,1-2H3,(H,17,19)(H,20,21)/t12-/m0/s1. The lowest BCUT2D eigenvalue weighted by Gasteiger charge is -2.14. The molecule has 8 nitrogen and oxygen atoms in total. The summed E-state index contributed by atoms with van der Waals surface area (Å²) in [5, 5.41) is 11.6. The molecule has 1 saturated heterocycles. The minimum absolute atomic E-state index is 0.0417. The lowest BCUT2D eigenvalue weighted by molar-refractivity contribution is -0.139. The third-order valence-electron chi connectivity index (χ3n) is 4.23. The summed E-state index contributed by atoms with van der Waals surface area (Å²) in [5.74, 6) is -1.93. The molecule has 1 aromatic rings. The summed E-state index contributed by atoms with van der Waals surface area (Å²) in [6, 6.07) is 0.147. The predicted molar refractivity (Wildman–Crippen MR) is 89.9 cm³/mol. The third-order valence-corrected chi connectivity index (χ3v) is 6.23. The van der Waals surface area contributed by atoms with Crippen LogP contribution in [0.2, 0.25) is 0 Å². The van der Waals surface area contributed by atoms with E-state index in [1.807, 2.05) is 6.92 Å². The maximum atomic E-state index is 12.6. The summed E-state index contributed by atoms with van der Waals surface area (Å²) in [7, 11) is -3.70. The van der Waals surface area contributed by atoms with E-state index in [9.17, 15) is 23.1 Å². The molecule has 1 aliphatic rings. The summed E-state index contributed by atoms with van der Waals surface area (Å²) in [4.78, 5) is 23.4. The normalized spacial score (nSPS) is 16.7. The number of nitrogens with zero attached hydrogens (tertiary/aromatic N) is 1. The van der Waals surface area contributed by atoms with Crippen molar-refractivity contribution >= 4 is 21.9 Å². The minimum Gasteiger partial charge on any atom is -0.480 e. The van der Waals surface area contributed by atoms with Gasteiger partial charge in [0.2, 0.25) is 10.0 Å². The molecule has 0 aliphatic carbocycles. The number of carboxylic acid groups (broad SMARTS) is 1. The van der Waals surface area contributed by atoms with Crippen LogP contribution in [0.15, 0.2) is 15.4 Å². The van der Waals surface area contributed by atoms with Gasteiger partial charge in [0.1, 0.15) is 16.7 Å². The molecule has 1 fully saturated rings. The number of unbranched alkanes of at least 4 members (excludes halogenated alkanes) is 1. The van der Waals surface area contributed by atoms with Crippen LogP contribution < -0.4 is 5.32 Å². The highest BCUT2D eigenvalue weighted by atomic mass is 32.2. The van der Waals surface area contributed by atoms with Gasteiger partial charge in [0.15, 0.2) is 5.76 Å². The van der Waals surface area contributed by atoms with E-state index in [-0.39, 0.29) is 16.4 Å². The number of aryl methyl sites for hydroxylation is 1. The van der Waals surface area contributed by atoms with Crippen LogP contribution in [0, 0.1) is 6.92 Å². The number of carboxylic acids is 1. The second-order valence-electron chi connectivity index (χ2n) is 6.15. The summed E-state index contributed by atoms with van der Waals surface area (Å²) in [6.07, 6.45) is 3.37. The number of hydrogen-bond donors (Lipinski definition) is 2. The molecule has 0 bridgehead atoms. The van der Waals surface area contributed by atoms with E-state index in [1.54, 1.807) is 0 Å². The molecule has 0 unspecified atom stereocenters. The molecule has 1 amide bonds. The van der Waals surface area contributed by atoms with E-state index in [1.165, 1.54) is 17.3 Å². The first-order valence-electron chi connectivity index (χ1n) is 8.41. The Labute approximate surface area is 147 Å². The number of hydrogen-bond acceptors (Lipinski definition) is 5. The summed E-state index contributed by atoms with van der Waals surface area (Å²) in [5.41, 5.74) is 0. The van der Waals surface area contributed by atoms with Gasteiger partial charge in [-0.25, -0.2) is 13.2 Å². The second kappa shape index (κ2) is 8.01. The van der Waals surface area contributed by atoms with Gasteiger partial charge in [0, 0.05) is 19.2 Å². The van der Waals surface area contributed by atoms with Crippen LogP contribution in [-0.2, 0) is 14.8 Å². The summed E-state index contributed by atoms with van der Waals surface area (Å²) < 4.78 is 31.9. The zero-order chi connectivity index (χ0) is 18.6. The molecule has 2 N–H and O–H groups in total. The molecule has 25 heavy (non-hydrogen) atoms. The lowest BCUT2D eigenvalue weighted by Crippen LogP contribution is -2.40. The van der Waals surface area contributed by atoms with Crippen molar-refractivity contribution in [3.63, 3.8) is 0 Å². The van der Waals surface area contributed by atoms with Crippen molar-refractivity contribution in [2.45, 2.75) is 56.9 Å². The van der Waals surface area contributed by atoms with Crippen molar-refractivity contribution < 1.29 is 27.5 Å². The van der Waals surface area contributed by atoms with E-state index in [2.05, 4.69) is 5.32 Å². The van der Waals surface area contributed by atoms with Crippen LogP contribution in [0.5, 0.6) is 0 Å². The average molecular weight is 372 g/mol. The fourth-order valence-electron chi connectivity index (χ4n) is 2.80. The average Bonchev–Trinajstić information content (AvgIpc) is 3.20. The summed E-state index contributed by atoms with van der Waals surface area (Å²) in [6.45, 7) is 4.30. The van der Waals surface area contributed by atoms with Crippen molar-refractivity contribution in [2.75, 3.05) is 13.1 Å². The fourth-order valence-corrected chi connectivity index (χ4v) is 4.47. The highest BCUT2D eigenvalue weighted by Gasteiger charge is 2.32. The number of carbonyl (C=O) groups is 2. The van der Waals surface area contributed by atoms with E-state index >= 15 is 0 Å². The Bertz CT molecular complexity index is 734. The van der Waals surface area contributed by atoms with Crippen molar-refractivity contribution in [3.8, 4) is 0 Å². The number of furan rings is 1. The topological polar surface area (TPSA) is 117 Å². The molecule has 2 rings (SSSR count). The lowest BCUT2D eigenvalue weighted by atomic mass is 10.1. The first-order chi connectivity index (χ1) is 11.8. The first-order valence-corrected chi connectivity index (χ1v) is 9.85. The van der Waals surface area contributed by atoms with Gasteiger partial charge in [-0.05, 0) is 26.2 Å². The van der Waals surface area contributed by atoms with Gasteiger partial charge >= 0.3 is 5.97 Å². The second-order valence-corrected chi connectivity index (χ2v) is 8.06. The highest BCUT2D eigenvalue weighted by Crippen LogP contribution is 2.26. The van der Waals surface area contributed by atoms with Crippen molar-refractivity contribution in [1.29, 1.82) is 0 Å². The number of carbonyl (C=O) groups excluding carboxylic acids is 1. The number of aliphatic carboxylic acids is 1. The molecule has 1 aromatic heterocycles. The van der Waals surface area contributed by atoms with E-state index in [4.69, 9.17) is 4.42 Å². The Kier molecular flexibility index (Phi) is 6.23. The molecule has 2 heterocycles. The van der Waals surface area contributed by atoms with Crippen LogP contribution in [-0.4, -0.2) is 48.8 Å². The molecule has 0 spiro atoms.